The summed E-state index contributed by atoms with van der Waals surface area (Å²) in [4.78, 5) is 12.0. The first-order chi connectivity index (χ1) is 13.5. The van der Waals surface area contributed by atoms with Gasteiger partial charge in [0.2, 0.25) is 6.29 Å². The molecule has 1 fully saturated rings. The van der Waals surface area contributed by atoms with Crippen LogP contribution in [0.1, 0.15) is 23.7 Å². The van der Waals surface area contributed by atoms with Crippen molar-refractivity contribution in [1.29, 1.82) is 0 Å². The number of ketones is 1. The lowest BCUT2D eigenvalue weighted by atomic mass is 9.98. The summed E-state index contributed by atoms with van der Waals surface area (Å²) in [7, 11) is 0. The molecular formula is C21H24O7. The molecule has 0 aliphatic carbocycles. The quantitative estimate of drug-likeness (QED) is 0.548. The molecule has 0 spiro atoms. The zero-order chi connectivity index (χ0) is 20.3. The summed E-state index contributed by atoms with van der Waals surface area (Å²) >= 11 is 0. The van der Waals surface area contributed by atoms with Gasteiger partial charge in [-0.2, -0.15) is 0 Å². The average molecular weight is 388 g/mol. The number of aliphatic hydroxyl groups excluding tert-OH is 4. The topological polar surface area (TPSA) is 116 Å². The van der Waals surface area contributed by atoms with Gasteiger partial charge in [0.15, 0.2) is 5.78 Å². The first kappa shape index (κ1) is 20.4. The van der Waals surface area contributed by atoms with Crippen LogP contribution in [0.2, 0.25) is 0 Å². The molecule has 0 aromatic heterocycles. The van der Waals surface area contributed by atoms with Crippen molar-refractivity contribution in [2.75, 3.05) is 6.61 Å². The minimum Gasteiger partial charge on any atom is -0.461 e. The number of aliphatic hydroxyl groups is 4. The summed E-state index contributed by atoms with van der Waals surface area (Å²) in [5, 5.41) is 39.4. The summed E-state index contributed by atoms with van der Waals surface area (Å²) in [6.07, 6.45) is -6.41. The summed E-state index contributed by atoms with van der Waals surface area (Å²) in [5.74, 6) is 0.391. The molecule has 0 saturated carbocycles. The van der Waals surface area contributed by atoms with E-state index in [1.165, 1.54) is 0 Å². The highest BCUT2D eigenvalue weighted by Crippen LogP contribution is 2.33. The fourth-order valence-corrected chi connectivity index (χ4v) is 3.16. The SMILES string of the molecule is CCC(=O)c1cccc(-c2ccccc2O[C@@H]2O[C@H](CO)[C@H](O)[C@H](O)[C@H]2O)c1. The number of carbonyl (C=O) groups excluding carboxylic acids is 1. The van der Waals surface area contributed by atoms with Crippen LogP contribution in [0.4, 0.5) is 0 Å². The Morgan fingerprint density at radius 3 is 2.50 bits per heavy atom. The lowest BCUT2D eigenvalue weighted by Crippen LogP contribution is -2.60. The number of hydrogen-bond donors (Lipinski definition) is 4. The van der Waals surface area contributed by atoms with Gasteiger partial charge in [-0.05, 0) is 17.7 Å². The van der Waals surface area contributed by atoms with E-state index in [1.807, 2.05) is 12.1 Å². The summed E-state index contributed by atoms with van der Waals surface area (Å²) in [6, 6.07) is 14.1. The number of hydrogen-bond acceptors (Lipinski definition) is 7. The molecule has 0 radical (unpaired) electrons. The number of benzene rings is 2. The molecule has 0 amide bonds. The Morgan fingerprint density at radius 1 is 1.04 bits per heavy atom. The lowest BCUT2D eigenvalue weighted by Gasteiger charge is -2.39. The largest absolute Gasteiger partial charge is 0.461 e. The Hall–Kier alpha value is -2.29. The van der Waals surface area contributed by atoms with Crippen molar-refractivity contribution in [3.05, 3.63) is 54.1 Å². The van der Waals surface area contributed by atoms with Crippen molar-refractivity contribution in [3.8, 4) is 16.9 Å². The zero-order valence-electron chi connectivity index (χ0n) is 15.4. The van der Waals surface area contributed by atoms with Crippen LogP contribution in [-0.4, -0.2) is 63.5 Å². The van der Waals surface area contributed by atoms with Gasteiger partial charge in [0.05, 0.1) is 6.61 Å². The first-order valence-electron chi connectivity index (χ1n) is 9.16. The van der Waals surface area contributed by atoms with Crippen LogP contribution >= 0.6 is 0 Å². The summed E-state index contributed by atoms with van der Waals surface area (Å²) in [5.41, 5.74) is 2.01. The second-order valence-corrected chi connectivity index (χ2v) is 6.67. The highest BCUT2D eigenvalue weighted by Gasteiger charge is 2.44. The van der Waals surface area contributed by atoms with Crippen LogP contribution in [0.15, 0.2) is 48.5 Å². The third-order valence-corrected chi connectivity index (χ3v) is 4.80. The first-order valence-corrected chi connectivity index (χ1v) is 9.16. The van der Waals surface area contributed by atoms with Crippen molar-refractivity contribution in [3.63, 3.8) is 0 Å². The maximum atomic E-state index is 12.0. The van der Waals surface area contributed by atoms with E-state index in [9.17, 15) is 25.2 Å². The second-order valence-electron chi connectivity index (χ2n) is 6.67. The number of ether oxygens (including phenoxy) is 2. The average Bonchev–Trinajstić information content (AvgIpc) is 2.74. The molecule has 3 rings (SSSR count). The highest BCUT2D eigenvalue weighted by molar-refractivity contribution is 5.97. The molecule has 0 unspecified atom stereocenters. The van der Waals surface area contributed by atoms with Crippen molar-refractivity contribution in [1.82, 2.24) is 0 Å². The lowest BCUT2D eigenvalue weighted by molar-refractivity contribution is -0.277. The van der Waals surface area contributed by atoms with E-state index in [0.29, 0.717) is 23.3 Å². The van der Waals surface area contributed by atoms with E-state index in [4.69, 9.17) is 9.47 Å². The van der Waals surface area contributed by atoms with E-state index < -0.39 is 37.3 Å². The number of para-hydroxylation sites is 1. The molecule has 1 aliphatic heterocycles. The molecule has 2 aromatic rings. The van der Waals surface area contributed by atoms with Gasteiger partial charge in [-0.25, -0.2) is 0 Å². The van der Waals surface area contributed by atoms with Crippen LogP contribution in [-0.2, 0) is 4.74 Å². The van der Waals surface area contributed by atoms with E-state index in [-0.39, 0.29) is 5.78 Å². The van der Waals surface area contributed by atoms with Gasteiger partial charge in [-0.15, -0.1) is 0 Å². The van der Waals surface area contributed by atoms with Gasteiger partial charge in [-0.1, -0.05) is 43.3 Å². The maximum absolute atomic E-state index is 12.0. The van der Waals surface area contributed by atoms with Crippen molar-refractivity contribution in [2.45, 2.75) is 44.1 Å². The molecule has 150 valence electrons. The highest BCUT2D eigenvalue weighted by atomic mass is 16.7. The standard InChI is InChI=1S/C21H24O7/c1-2-15(23)13-7-5-6-12(10-13)14-8-3-4-9-16(14)27-21-20(26)19(25)18(24)17(11-22)28-21/h3-10,17-22,24-26H,2,11H2,1H3/t17-,18+,19+,20-,21-/m1/s1. The molecule has 1 saturated heterocycles. The predicted octanol–water partition coefficient (Wildman–Crippen LogP) is 1.12. The predicted molar refractivity (Wildman–Crippen MR) is 101 cm³/mol. The van der Waals surface area contributed by atoms with E-state index in [0.717, 1.165) is 5.56 Å². The summed E-state index contributed by atoms with van der Waals surface area (Å²) < 4.78 is 11.2. The molecule has 2 aromatic carbocycles. The minimum absolute atomic E-state index is 0.0224. The summed E-state index contributed by atoms with van der Waals surface area (Å²) in [6.45, 7) is 1.26. The minimum atomic E-state index is -1.52. The van der Waals surface area contributed by atoms with Crippen LogP contribution in [0, 0.1) is 0 Å². The number of Topliss-reactive ketones (excluding diaryl/α,β-unsaturated/α-hetero) is 1. The Kier molecular flexibility index (Phi) is 6.43. The van der Waals surface area contributed by atoms with Gasteiger partial charge < -0.3 is 29.9 Å². The van der Waals surface area contributed by atoms with Gasteiger partial charge in [0.25, 0.3) is 0 Å². The molecule has 0 bridgehead atoms. The second kappa shape index (κ2) is 8.81. The van der Waals surface area contributed by atoms with Crippen LogP contribution in [0.3, 0.4) is 0 Å². The van der Waals surface area contributed by atoms with Gasteiger partial charge >= 0.3 is 0 Å². The van der Waals surface area contributed by atoms with Gasteiger partial charge in [0, 0.05) is 17.5 Å². The van der Waals surface area contributed by atoms with Crippen molar-refractivity contribution >= 4 is 5.78 Å². The molecule has 28 heavy (non-hydrogen) atoms. The fourth-order valence-electron chi connectivity index (χ4n) is 3.16. The third-order valence-electron chi connectivity index (χ3n) is 4.80. The van der Waals surface area contributed by atoms with Crippen LogP contribution in [0.5, 0.6) is 5.75 Å². The van der Waals surface area contributed by atoms with Crippen molar-refractivity contribution in [2.24, 2.45) is 0 Å². The van der Waals surface area contributed by atoms with Crippen LogP contribution < -0.4 is 4.74 Å². The van der Waals surface area contributed by atoms with Crippen molar-refractivity contribution < 1.29 is 34.7 Å². The molecule has 1 aliphatic rings. The molecule has 7 heteroatoms. The van der Waals surface area contributed by atoms with Crippen LogP contribution in [0.25, 0.3) is 11.1 Å². The van der Waals surface area contributed by atoms with Gasteiger partial charge in [0.1, 0.15) is 30.2 Å². The maximum Gasteiger partial charge on any atom is 0.229 e. The number of rotatable bonds is 6. The zero-order valence-corrected chi connectivity index (χ0v) is 15.4. The monoisotopic (exact) mass is 388 g/mol. The molecule has 4 N–H and O–H groups in total. The Morgan fingerprint density at radius 2 is 1.79 bits per heavy atom. The third kappa shape index (κ3) is 4.09. The Labute approximate surface area is 162 Å². The van der Waals surface area contributed by atoms with E-state index in [1.54, 1.807) is 43.3 Å². The Bertz CT molecular complexity index is 820. The molecule has 1 heterocycles. The molecule has 7 nitrogen and oxygen atoms in total. The van der Waals surface area contributed by atoms with E-state index in [2.05, 4.69) is 0 Å². The molecular weight excluding hydrogens is 364 g/mol. The molecule has 5 atom stereocenters. The Balaban J connectivity index is 1.90. The fraction of sp³-hybridized carbons (Fsp3) is 0.381. The number of carbonyl (C=O) groups is 1. The van der Waals surface area contributed by atoms with Gasteiger partial charge in [-0.3, -0.25) is 4.79 Å². The normalized spacial score (nSPS) is 27.4. The smallest absolute Gasteiger partial charge is 0.229 e. The van der Waals surface area contributed by atoms with E-state index >= 15 is 0 Å².